The molecule has 0 aliphatic rings. The van der Waals surface area contributed by atoms with E-state index in [4.69, 9.17) is 0 Å². The van der Waals surface area contributed by atoms with E-state index in [9.17, 15) is 9.18 Å². The lowest BCUT2D eigenvalue weighted by Crippen LogP contribution is -2.15. The second-order valence-corrected chi connectivity index (χ2v) is 6.56. The zero-order valence-corrected chi connectivity index (χ0v) is 14.3. The van der Waals surface area contributed by atoms with Crippen LogP contribution in [0.4, 0.5) is 10.1 Å². The molecule has 0 saturated heterocycles. The van der Waals surface area contributed by atoms with E-state index in [0.29, 0.717) is 11.3 Å². The van der Waals surface area contributed by atoms with Crippen molar-refractivity contribution in [3.63, 3.8) is 0 Å². The minimum atomic E-state index is -0.312. The fourth-order valence-corrected chi connectivity index (χ4v) is 3.24. The molecule has 0 aliphatic carbocycles. The van der Waals surface area contributed by atoms with Crippen LogP contribution in [0.15, 0.2) is 47.8 Å². The molecule has 2 aromatic carbocycles. The molecule has 1 amide bonds. The third-order valence-corrected chi connectivity index (χ3v) is 4.56. The molecule has 0 unspecified atom stereocenters. The highest BCUT2D eigenvalue weighted by Gasteiger charge is 2.10. The first-order chi connectivity index (χ1) is 11.5. The van der Waals surface area contributed by atoms with Crippen molar-refractivity contribution in [1.82, 2.24) is 4.98 Å². The molecule has 122 valence electrons. The largest absolute Gasteiger partial charge is 0.326 e. The van der Waals surface area contributed by atoms with Crippen molar-refractivity contribution in [2.45, 2.75) is 20.3 Å². The average Bonchev–Trinajstić information content (AvgIpc) is 2.98. The smallest absolute Gasteiger partial charge is 0.230 e. The Labute approximate surface area is 144 Å². The van der Waals surface area contributed by atoms with Gasteiger partial charge in [-0.2, -0.15) is 0 Å². The first kappa shape index (κ1) is 16.3. The Morgan fingerprint density at radius 3 is 2.79 bits per heavy atom. The molecule has 3 rings (SSSR count). The summed E-state index contributed by atoms with van der Waals surface area (Å²) in [6.07, 6.45) is 0.194. The summed E-state index contributed by atoms with van der Waals surface area (Å²) in [7, 11) is 0. The standard InChI is InChI=1S/C19H17FN2OS/c1-12-4-3-5-14(8-12)19-21-16(11-24-19)10-18(23)22-17-7-6-15(20)9-13(17)2/h3-9,11H,10H2,1-2H3,(H,22,23). The van der Waals surface area contributed by atoms with Gasteiger partial charge >= 0.3 is 0 Å². The number of benzene rings is 2. The van der Waals surface area contributed by atoms with Crippen molar-refractivity contribution >= 4 is 22.9 Å². The summed E-state index contributed by atoms with van der Waals surface area (Å²) in [4.78, 5) is 16.7. The number of nitrogens with zero attached hydrogens (tertiary/aromatic N) is 1. The number of hydrogen-bond donors (Lipinski definition) is 1. The van der Waals surface area contributed by atoms with E-state index in [1.807, 2.05) is 30.5 Å². The Morgan fingerprint density at radius 2 is 2.04 bits per heavy atom. The number of amides is 1. The van der Waals surface area contributed by atoms with Crippen molar-refractivity contribution in [1.29, 1.82) is 0 Å². The molecule has 0 spiro atoms. The molecule has 0 bridgehead atoms. The van der Waals surface area contributed by atoms with E-state index in [1.165, 1.54) is 29.0 Å². The molecular weight excluding hydrogens is 323 g/mol. The minimum Gasteiger partial charge on any atom is -0.326 e. The fourth-order valence-electron chi connectivity index (χ4n) is 2.43. The summed E-state index contributed by atoms with van der Waals surface area (Å²) in [6.45, 7) is 3.80. The lowest BCUT2D eigenvalue weighted by Gasteiger charge is -2.07. The highest BCUT2D eigenvalue weighted by Crippen LogP contribution is 2.25. The number of thiazole rings is 1. The first-order valence-corrected chi connectivity index (χ1v) is 8.46. The summed E-state index contributed by atoms with van der Waals surface area (Å²) in [5.41, 5.74) is 4.28. The van der Waals surface area contributed by atoms with Gasteiger partial charge in [0.15, 0.2) is 0 Å². The molecule has 0 aliphatic heterocycles. The summed E-state index contributed by atoms with van der Waals surface area (Å²) in [6, 6.07) is 12.4. The molecule has 3 nitrogen and oxygen atoms in total. The maximum absolute atomic E-state index is 13.1. The summed E-state index contributed by atoms with van der Waals surface area (Å²) in [5, 5.41) is 5.60. The van der Waals surface area contributed by atoms with Crippen LogP contribution in [-0.2, 0) is 11.2 Å². The van der Waals surface area contributed by atoms with Gasteiger partial charge in [-0.3, -0.25) is 4.79 Å². The van der Waals surface area contributed by atoms with Gasteiger partial charge in [-0.1, -0.05) is 23.8 Å². The second-order valence-electron chi connectivity index (χ2n) is 5.70. The van der Waals surface area contributed by atoms with Gasteiger partial charge in [0.1, 0.15) is 10.8 Å². The van der Waals surface area contributed by atoms with Crippen LogP contribution in [0.25, 0.3) is 10.6 Å². The van der Waals surface area contributed by atoms with E-state index in [0.717, 1.165) is 16.3 Å². The van der Waals surface area contributed by atoms with E-state index in [1.54, 1.807) is 13.0 Å². The lowest BCUT2D eigenvalue weighted by atomic mass is 10.1. The number of nitrogens with one attached hydrogen (secondary N) is 1. The topological polar surface area (TPSA) is 42.0 Å². The third kappa shape index (κ3) is 3.86. The van der Waals surface area contributed by atoms with Crippen LogP contribution in [0.3, 0.4) is 0 Å². The molecule has 5 heteroatoms. The summed E-state index contributed by atoms with van der Waals surface area (Å²) in [5.74, 6) is -0.474. The SMILES string of the molecule is Cc1cccc(-c2nc(CC(=O)Nc3ccc(F)cc3C)cs2)c1. The molecule has 0 atom stereocenters. The second kappa shape index (κ2) is 6.93. The molecule has 0 fully saturated rings. The van der Waals surface area contributed by atoms with Gasteiger partial charge < -0.3 is 5.32 Å². The minimum absolute atomic E-state index is 0.161. The van der Waals surface area contributed by atoms with Gasteiger partial charge in [-0.25, -0.2) is 9.37 Å². The van der Waals surface area contributed by atoms with Crippen LogP contribution in [0.2, 0.25) is 0 Å². The Bertz CT molecular complexity index is 889. The van der Waals surface area contributed by atoms with Crippen LogP contribution < -0.4 is 5.32 Å². The third-order valence-electron chi connectivity index (χ3n) is 3.62. The molecule has 1 heterocycles. The van der Waals surface area contributed by atoms with Crippen molar-refractivity contribution in [2.24, 2.45) is 0 Å². The highest BCUT2D eigenvalue weighted by molar-refractivity contribution is 7.13. The number of carbonyl (C=O) groups excluding carboxylic acids is 1. The normalized spacial score (nSPS) is 10.6. The molecule has 1 N–H and O–H groups in total. The predicted molar refractivity (Wildman–Crippen MR) is 95.8 cm³/mol. The van der Waals surface area contributed by atoms with Crippen molar-refractivity contribution in [3.8, 4) is 10.6 Å². The van der Waals surface area contributed by atoms with Crippen LogP contribution in [0.5, 0.6) is 0 Å². The van der Waals surface area contributed by atoms with E-state index in [2.05, 4.69) is 16.4 Å². The van der Waals surface area contributed by atoms with Crippen molar-refractivity contribution in [2.75, 3.05) is 5.32 Å². The monoisotopic (exact) mass is 340 g/mol. The van der Waals surface area contributed by atoms with Crippen LogP contribution in [-0.4, -0.2) is 10.9 Å². The fraction of sp³-hybridized carbons (Fsp3) is 0.158. The average molecular weight is 340 g/mol. The van der Waals surface area contributed by atoms with Gasteiger partial charge in [-0.05, 0) is 43.7 Å². The van der Waals surface area contributed by atoms with Crippen LogP contribution in [0.1, 0.15) is 16.8 Å². The molecule has 0 radical (unpaired) electrons. The van der Waals surface area contributed by atoms with Crippen LogP contribution in [0, 0.1) is 19.7 Å². The first-order valence-electron chi connectivity index (χ1n) is 7.59. The summed E-state index contributed by atoms with van der Waals surface area (Å²) >= 11 is 1.52. The maximum atomic E-state index is 13.1. The number of aromatic nitrogens is 1. The molecule has 1 aromatic heterocycles. The van der Waals surface area contributed by atoms with Gasteiger partial charge in [0.25, 0.3) is 0 Å². The lowest BCUT2D eigenvalue weighted by molar-refractivity contribution is -0.115. The Kier molecular flexibility index (Phi) is 4.71. The Hall–Kier alpha value is -2.53. The Balaban J connectivity index is 1.69. The number of carbonyl (C=O) groups is 1. The highest BCUT2D eigenvalue weighted by atomic mass is 32.1. The zero-order valence-electron chi connectivity index (χ0n) is 13.5. The molecule has 3 aromatic rings. The maximum Gasteiger partial charge on any atom is 0.230 e. The number of hydrogen-bond acceptors (Lipinski definition) is 3. The van der Waals surface area contributed by atoms with Crippen molar-refractivity contribution < 1.29 is 9.18 Å². The number of halogens is 1. The van der Waals surface area contributed by atoms with Gasteiger partial charge in [0, 0.05) is 16.6 Å². The van der Waals surface area contributed by atoms with E-state index >= 15 is 0 Å². The number of aryl methyl sites for hydroxylation is 2. The quantitative estimate of drug-likeness (QED) is 0.745. The Morgan fingerprint density at radius 1 is 1.21 bits per heavy atom. The zero-order chi connectivity index (χ0) is 17.1. The van der Waals surface area contributed by atoms with Gasteiger partial charge in [0.05, 0.1) is 12.1 Å². The predicted octanol–water partition coefficient (Wildman–Crippen LogP) is 4.75. The van der Waals surface area contributed by atoms with E-state index < -0.39 is 0 Å². The van der Waals surface area contributed by atoms with E-state index in [-0.39, 0.29) is 18.1 Å². The van der Waals surface area contributed by atoms with Crippen LogP contribution >= 0.6 is 11.3 Å². The van der Waals surface area contributed by atoms with Gasteiger partial charge in [-0.15, -0.1) is 11.3 Å². The molecule has 0 saturated carbocycles. The number of rotatable bonds is 4. The number of anilines is 1. The summed E-state index contributed by atoms with van der Waals surface area (Å²) < 4.78 is 13.1. The van der Waals surface area contributed by atoms with Gasteiger partial charge in [0.2, 0.25) is 5.91 Å². The van der Waals surface area contributed by atoms with Crippen molar-refractivity contribution in [3.05, 3.63) is 70.5 Å². The molecular formula is C19H17FN2OS. The molecule has 24 heavy (non-hydrogen) atoms.